The molecule has 0 fully saturated rings. The second kappa shape index (κ2) is 4.73. The van der Waals surface area contributed by atoms with Crippen LogP contribution in [-0.4, -0.2) is 40.1 Å². The van der Waals surface area contributed by atoms with E-state index >= 15 is 0 Å². The summed E-state index contributed by atoms with van der Waals surface area (Å²) in [7, 11) is 0. The first-order valence-corrected chi connectivity index (χ1v) is 5.39. The highest BCUT2D eigenvalue weighted by atomic mass is 16.5. The van der Waals surface area contributed by atoms with E-state index in [4.69, 9.17) is 14.9 Å². The lowest BCUT2D eigenvalue weighted by Crippen LogP contribution is -2.32. The molecule has 0 aromatic heterocycles. The highest BCUT2D eigenvalue weighted by Crippen LogP contribution is 2.30. The monoisotopic (exact) mass is 238 g/mol. The number of hydrogen-bond acceptors (Lipinski definition) is 4. The molecule has 0 bridgehead atoms. The van der Waals surface area contributed by atoms with Crippen molar-refractivity contribution in [3.05, 3.63) is 29.3 Å². The fraction of sp³-hybridized carbons (Fsp3) is 0.417. The van der Waals surface area contributed by atoms with Crippen molar-refractivity contribution in [2.75, 3.05) is 6.61 Å². The molecular weight excluding hydrogens is 224 g/mol. The number of aliphatic carboxylic acids is 1. The van der Waals surface area contributed by atoms with E-state index in [9.17, 15) is 9.90 Å². The van der Waals surface area contributed by atoms with E-state index in [1.165, 1.54) is 0 Å². The Morgan fingerprint density at radius 1 is 1.53 bits per heavy atom. The summed E-state index contributed by atoms with van der Waals surface area (Å²) >= 11 is 0. The molecule has 1 aromatic rings. The molecule has 3 N–H and O–H groups in total. The topological polar surface area (TPSA) is 87.0 Å². The Morgan fingerprint density at radius 3 is 2.94 bits per heavy atom. The van der Waals surface area contributed by atoms with Crippen LogP contribution in [0.1, 0.15) is 11.1 Å². The predicted molar refractivity (Wildman–Crippen MR) is 59.0 cm³/mol. The lowest BCUT2D eigenvalue weighted by Gasteiger charge is -2.14. The van der Waals surface area contributed by atoms with Crippen molar-refractivity contribution in [1.29, 1.82) is 0 Å². The highest BCUT2D eigenvalue weighted by molar-refractivity contribution is 5.70. The van der Waals surface area contributed by atoms with Crippen LogP contribution in [0.2, 0.25) is 0 Å². The molecule has 0 amide bonds. The second-order valence-corrected chi connectivity index (χ2v) is 4.12. The van der Waals surface area contributed by atoms with Crippen molar-refractivity contribution in [3.63, 3.8) is 0 Å². The van der Waals surface area contributed by atoms with E-state index in [-0.39, 0.29) is 13.0 Å². The number of fused-ring (bicyclic) bond motifs is 1. The molecule has 0 radical (unpaired) electrons. The molecule has 0 saturated carbocycles. The number of aliphatic hydroxyl groups excluding tert-OH is 2. The molecule has 0 saturated heterocycles. The summed E-state index contributed by atoms with van der Waals surface area (Å²) in [4.78, 5) is 10.6. The van der Waals surface area contributed by atoms with E-state index in [0.717, 1.165) is 5.56 Å². The molecule has 1 aliphatic rings. The zero-order valence-electron chi connectivity index (χ0n) is 9.17. The van der Waals surface area contributed by atoms with E-state index in [0.29, 0.717) is 17.7 Å². The van der Waals surface area contributed by atoms with Crippen LogP contribution in [0, 0.1) is 0 Å². The second-order valence-electron chi connectivity index (χ2n) is 4.12. The van der Waals surface area contributed by atoms with Crippen LogP contribution >= 0.6 is 0 Å². The van der Waals surface area contributed by atoms with Crippen molar-refractivity contribution in [2.45, 2.75) is 25.0 Å². The van der Waals surface area contributed by atoms with Crippen molar-refractivity contribution >= 4 is 5.97 Å². The SMILES string of the molecule is O=C(O)Cc1ccc2c(c1)CC(C(O)CO)O2. The third-order valence-electron chi connectivity index (χ3n) is 2.80. The van der Waals surface area contributed by atoms with Crippen LogP contribution in [0.5, 0.6) is 5.75 Å². The Morgan fingerprint density at radius 2 is 2.29 bits per heavy atom. The number of carboxylic acid groups (broad SMARTS) is 1. The van der Waals surface area contributed by atoms with E-state index in [1.54, 1.807) is 18.2 Å². The molecular formula is C12H14O5. The van der Waals surface area contributed by atoms with Crippen LogP contribution in [0.3, 0.4) is 0 Å². The first-order valence-electron chi connectivity index (χ1n) is 5.39. The molecule has 2 atom stereocenters. The maximum atomic E-state index is 10.6. The van der Waals surface area contributed by atoms with Gasteiger partial charge in [0.2, 0.25) is 0 Å². The number of rotatable bonds is 4. The Balaban J connectivity index is 2.13. The van der Waals surface area contributed by atoms with Crippen molar-refractivity contribution in [1.82, 2.24) is 0 Å². The van der Waals surface area contributed by atoms with Gasteiger partial charge in [-0.15, -0.1) is 0 Å². The molecule has 1 aliphatic heterocycles. The first kappa shape index (κ1) is 11.9. The number of carbonyl (C=O) groups is 1. The van der Waals surface area contributed by atoms with Crippen molar-refractivity contribution in [2.24, 2.45) is 0 Å². The average molecular weight is 238 g/mol. The van der Waals surface area contributed by atoms with Crippen LogP contribution in [0.15, 0.2) is 18.2 Å². The zero-order chi connectivity index (χ0) is 12.4. The number of benzene rings is 1. The van der Waals surface area contributed by atoms with Gasteiger partial charge in [-0.05, 0) is 17.2 Å². The minimum atomic E-state index is -0.912. The summed E-state index contributed by atoms with van der Waals surface area (Å²) in [6.07, 6.45) is -0.897. The van der Waals surface area contributed by atoms with Crippen LogP contribution in [-0.2, 0) is 17.6 Å². The van der Waals surface area contributed by atoms with Crippen LogP contribution in [0.4, 0.5) is 0 Å². The van der Waals surface area contributed by atoms with E-state index in [1.807, 2.05) is 0 Å². The Kier molecular flexibility index (Phi) is 3.31. The van der Waals surface area contributed by atoms with E-state index < -0.39 is 18.2 Å². The van der Waals surface area contributed by atoms with Gasteiger partial charge >= 0.3 is 5.97 Å². The summed E-state index contributed by atoms with van der Waals surface area (Å²) in [5.74, 6) is -0.229. The standard InChI is InChI=1S/C12H14O5/c13-6-9(14)11-5-8-3-7(4-12(15)16)1-2-10(8)17-11/h1-3,9,11,13-14H,4-6H2,(H,15,16). The maximum Gasteiger partial charge on any atom is 0.307 e. The smallest absolute Gasteiger partial charge is 0.307 e. The average Bonchev–Trinajstić information content (AvgIpc) is 2.70. The molecule has 17 heavy (non-hydrogen) atoms. The molecule has 0 aliphatic carbocycles. The minimum Gasteiger partial charge on any atom is -0.487 e. The number of carboxylic acids is 1. The van der Waals surface area contributed by atoms with Gasteiger partial charge in [0, 0.05) is 6.42 Å². The zero-order valence-corrected chi connectivity index (χ0v) is 9.17. The van der Waals surface area contributed by atoms with Crippen LogP contribution in [0.25, 0.3) is 0 Å². The first-order chi connectivity index (χ1) is 8.10. The molecule has 0 spiro atoms. The Labute approximate surface area is 98.3 Å². The molecule has 1 heterocycles. The molecule has 92 valence electrons. The Bertz CT molecular complexity index is 429. The van der Waals surface area contributed by atoms with Gasteiger partial charge in [-0.25, -0.2) is 0 Å². The summed E-state index contributed by atoms with van der Waals surface area (Å²) in [6.45, 7) is -0.347. The fourth-order valence-electron chi connectivity index (χ4n) is 1.95. The summed E-state index contributed by atoms with van der Waals surface area (Å²) in [5.41, 5.74) is 1.58. The molecule has 2 rings (SSSR count). The van der Waals surface area contributed by atoms with E-state index in [2.05, 4.69) is 0 Å². The van der Waals surface area contributed by atoms with Gasteiger partial charge in [0.25, 0.3) is 0 Å². The quantitative estimate of drug-likeness (QED) is 0.685. The third kappa shape index (κ3) is 2.57. The normalized spacial score (nSPS) is 19.5. The molecule has 2 unspecified atom stereocenters. The lowest BCUT2D eigenvalue weighted by molar-refractivity contribution is -0.136. The fourth-order valence-corrected chi connectivity index (χ4v) is 1.95. The van der Waals surface area contributed by atoms with Gasteiger partial charge in [-0.2, -0.15) is 0 Å². The number of hydrogen-bond donors (Lipinski definition) is 3. The van der Waals surface area contributed by atoms with Gasteiger partial charge in [0.05, 0.1) is 13.0 Å². The van der Waals surface area contributed by atoms with Gasteiger partial charge in [0.1, 0.15) is 18.0 Å². The maximum absolute atomic E-state index is 10.6. The van der Waals surface area contributed by atoms with Gasteiger partial charge < -0.3 is 20.1 Å². The highest BCUT2D eigenvalue weighted by Gasteiger charge is 2.28. The number of aliphatic hydroxyl groups is 2. The third-order valence-corrected chi connectivity index (χ3v) is 2.80. The van der Waals surface area contributed by atoms with Crippen molar-refractivity contribution in [3.8, 4) is 5.75 Å². The molecule has 1 aromatic carbocycles. The summed E-state index contributed by atoms with van der Waals surface area (Å²) < 4.78 is 5.46. The van der Waals surface area contributed by atoms with Gasteiger partial charge in [0.15, 0.2) is 0 Å². The largest absolute Gasteiger partial charge is 0.487 e. The Hall–Kier alpha value is -1.59. The lowest BCUT2D eigenvalue weighted by atomic mass is 10.0. The minimum absolute atomic E-state index is 0.0273. The number of ether oxygens (including phenoxy) is 1. The summed E-state index contributed by atoms with van der Waals surface area (Å²) in [6, 6.07) is 5.17. The predicted octanol–water partition coefficient (Wildman–Crippen LogP) is -0.0296. The molecule has 5 nitrogen and oxygen atoms in total. The van der Waals surface area contributed by atoms with Crippen LogP contribution < -0.4 is 4.74 Å². The summed E-state index contributed by atoms with van der Waals surface area (Å²) in [5, 5.41) is 27.0. The van der Waals surface area contributed by atoms with Crippen molar-refractivity contribution < 1.29 is 24.9 Å². The van der Waals surface area contributed by atoms with Gasteiger partial charge in [-0.3, -0.25) is 4.79 Å². The van der Waals surface area contributed by atoms with Gasteiger partial charge in [-0.1, -0.05) is 12.1 Å². The molecule has 5 heteroatoms.